The standard InChI is InChI=1S/C11H17NO2S/c1-8(2)14-7-11(13)12-9(3)10-5-4-6-15-10/h4-6,8-9H,7H2,1-3H3,(H,12,13). The predicted molar refractivity (Wildman–Crippen MR) is 62.0 cm³/mol. The third-order valence-corrected chi connectivity index (χ3v) is 2.95. The fraction of sp³-hybridized carbons (Fsp3) is 0.545. The second-order valence-corrected chi connectivity index (χ2v) is 4.64. The Hall–Kier alpha value is -0.870. The van der Waals surface area contributed by atoms with Crippen molar-refractivity contribution in [2.45, 2.75) is 32.9 Å². The molecule has 1 aromatic rings. The van der Waals surface area contributed by atoms with Crippen LogP contribution in [0, 0.1) is 0 Å². The Morgan fingerprint density at radius 2 is 2.27 bits per heavy atom. The molecule has 15 heavy (non-hydrogen) atoms. The van der Waals surface area contributed by atoms with Crippen LogP contribution in [0.4, 0.5) is 0 Å². The molecule has 0 saturated carbocycles. The summed E-state index contributed by atoms with van der Waals surface area (Å²) in [6.45, 7) is 5.93. The van der Waals surface area contributed by atoms with Crippen molar-refractivity contribution in [2.75, 3.05) is 6.61 Å². The van der Waals surface area contributed by atoms with Gasteiger partial charge in [-0.15, -0.1) is 11.3 Å². The van der Waals surface area contributed by atoms with E-state index in [0.717, 1.165) is 4.88 Å². The minimum absolute atomic E-state index is 0.0632. The third kappa shape index (κ3) is 4.44. The van der Waals surface area contributed by atoms with Crippen LogP contribution in [0.5, 0.6) is 0 Å². The van der Waals surface area contributed by atoms with E-state index in [1.165, 1.54) is 0 Å². The predicted octanol–water partition coefficient (Wildman–Crippen LogP) is 2.35. The van der Waals surface area contributed by atoms with Crippen LogP contribution in [-0.4, -0.2) is 18.6 Å². The van der Waals surface area contributed by atoms with E-state index >= 15 is 0 Å². The van der Waals surface area contributed by atoms with E-state index in [-0.39, 0.29) is 24.7 Å². The van der Waals surface area contributed by atoms with Crippen LogP contribution < -0.4 is 5.32 Å². The minimum atomic E-state index is -0.0652. The Morgan fingerprint density at radius 3 is 2.80 bits per heavy atom. The van der Waals surface area contributed by atoms with Crippen LogP contribution in [0.2, 0.25) is 0 Å². The topological polar surface area (TPSA) is 38.3 Å². The minimum Gasteiger partial charge on any atom is -0.369 e. The summed E-state index contributed by atoms with van der Waals surface area (Å²) in [5, 5.41) is 4.89. The van der Waals surface area contributed by atoms with Crippen molar-refractivity contribution in [1.29, 1.82) is 0 Å². The number of carbonyl (C=O) groups is 1. The molecular weight excluding hydrogens is 210 g/mol. The van der Waals surface area contributed by atoms with Crippen molar-refractivity contribution in [3.8, 4) is 0 Å². The van der Waals surface area contributed by atoms with Gasteiger partial charge in [0.1, 0.15) is 6.61 Å². The summed E-state index contributed by atoms with van der Waals surface area (Å²) >= 11 is 1.64. The number of hydrogen-bond acceptors (Lipinski definition) is 3. The highest BCUT2D eigenvalue weighted by atomic mass is 32.1. The summed E-state index contributed by atoms with van der Waals surface area (Å²) in [6, 6.07) is 4.06. The molecule has 84 valence electrons. The number of rotatable bonds is 5. The molecule has 1 unspecified atom stereocenters. The lowest BCUT2D eigenvalue weighted by Gasteiger charge is -2.13. The summed E-state index contributed by atoms with van der Waals surface area (Å²) in [4.78, 5) is 12.6. The van der Waals surface area contributed by atoms with Crippen LogP contribution in [0.15, 0.2) is 17.5 Å². The highest BCUT2D eigenvalue weighted by molar-refractivity contribution is 7.10. The first kappa shape index (κ1) is 12.2. The average molecular weight is 227 g/mol. The molecule has 4 heteroatoms. The molecule has 0 aliphatic carbocycles. The van der Waals surface area contributed by atoms with Crippen molar-refractivity contribution < 1.29 is 9.53 Å². The average Bonchev–Trinajstić information content (AvgIpc) is 2.67. The van der Waals surface area contributed by atoms with Gasteiger partial charge in [-0.1, -0.05) is 6.07 Å². The van der Waals surface area contributed by atoms with Gasteiger partial charge in [0.25, 0.3) is 0 Å². The van der Waals surface area contributed by atoms with Crippen LogP contribution in [0.25, 0.3) is 0 Å². The Morgan fingerprint density at radius 1 is 1.53 bits per heavy atom. The van der Waals surface area contributed by atoms with Gasteiger partial charge in [-0.3, -0.25) is 4.79 Å². The number of ether oxygens (including phenoxy) is 1. The summed E-state index contributed by atoms with van der Waals surface area (Å²) in [5.41, 5.74) is 0. The molecule has 0 aliphatic rings. The van der Waals surface area contributed by atoms with Crippen molar-refractivity contribution in [2.24, 2.45) is 0 Å². The smallest absolute Gasteiger partial charge is 0.246 e. The zero-order chi connectivity index (χ0) is 11.3. The second kappa shape index (κ2) is 5.88. The fourth-order valence-electron chi connectivity index (χ4n) is 1.13. The van der Waals surface area contributed by atoms with E-state index in [2.05, 4.69) is 5.32 Å². The molecule has 0 radical (unpaired) electrons. The van der Waals surface area contributed by atoms with Gasteiger partial charge in [-0.2, -0.15) is 0 Å². The SMILES string of the molecule is CC(C)OCC(=O)NC(C)c1cccs1. The summed E-state index contributed by atoms with van der Waals surface area (Å²) < 4.78 is 5.21. The molecule has 1 rings (SSSR count). The first-order chi connectivity index (χ1) is 7.09. The highest BCUT2D eigenvalue weighted by Gasteiger charge is 2.10. The van der Waals surface area contributed by atoms with E-state index in [1.54, 1.807) is 11.3 Å². The number of amides is 1. The first-order valence-corrected chi connectivity index (χ1v) is 5.92. The van der Waals surface area contributed by atoms with E-state index in [9.17, 15) is 4.79 Å². The lowest BCUT2D eigenvalue weighted by Crippen LogP contribution is -2.30. The molecule has 1 N–H and O–H groups in total. The molecule has 0 bridgehead atoms. The molecule has 3 nitrogen and oxygen atoms in total. The van der Waals surface area contributed by atoms with Gasteiger partial charge in [0.15, 0.2) is 0 Å². The van der Waals surface area contributed by atoms with Gasteiger partial charge in [0.2, 0.25) is 5.91 Å². The monoisotopic (exact) mass is 227 g/mol. The summed E-state index contributed by atoms with van der Waals surface area (Å²) in [5.74, 6) is -0.0652. The summed E-state index contributed by atoms with van der Waals surface area (Å²) in [6.07, 6.45) is 0.0905. The van der Waals surface area contributed by atoms with E-state index in [1.807, 2.05) is 38.3 Å². The molecule has 0 fully saturated rings. The van der Waals surface area contributed by atoms with Crippen LogP contribution >= 0.6 is 11.3 Å². The molecule has 1 amide bonds. The lowest BCUT2D eigenvalue weighted by atomic mass is 10.3. The van der Waals surface area contributed by atoms with Gasteiger partial charge < -0.3 is 10.1 Å². The largest absolute Gasteiger partial charge is 0.369 e. The maximum absolute atomic E-state index is 11.4. The van der Waals surface area contributed by atoms with E-state index < -0.39 is 0 Å². The Labute approximate surface area is 94.5 Å². The van der Waals surface area contributed by atoms with Gasteiger partial charge in [0.05, 0.1) is 12.1 Å². The van der Waals surface area contributed by atoms with Gasteiger partial charge >= 0.3 is 0 Å². The summed E-state index contributed by atoms with van der Waals surface area (Å²) in [7, 11) is 0. The fourth-order valence-corrected chi connectivity index (χ4v) is 1.87. The zero-order valence-electron chi connectivity index (χ0n) is 9.32. The number of nitrogens with one attached hydrogen (secondary N) is 1. The van der Waals surface area contributed by atoms with Gasteiger partial charge in [-0.05, 0) is 32.2 Å². The van der Waals surface area contributed by atoms with Crippen LogP contribution in [0.1, 0.15) is 31.7 Å². The maximum Gasteiger partial charge on any atom is 0.246 e. The molecule has 0 aliphatic heterocycles. The van der Waals surface area contributed by atoms with Crippen molar-refractivity contribution in [1.82, 2.24) is 5.32 Å². The number of carbonyl (C=O) groups excluding carboxylic acids is 1. The van der Waals surface area contributed by atoms with Crippen molar-refractivity contribution >= 4 is 17.2 Å². The normalized spacial score (nSPS) is 12.8. The number of hydrogen-bond donors (Lipinski definition) is 1. The molecule has 1 aromatic heterocycles. The van der Waals surface area contributed by atoms with Crippen molar-refractivity contribution in [3.05, 3.63) is 22.4 Å². The first-order valence-electron chi connectivity index (χ1n) is 5.04. The second-order valence-electron chi connectivity index (χ2n) is 3.66. The maximum atomic E-state index is 11.4. The molecule has 1 heterocycles. The molecule has 1 atom stereocenters. The Balaban J connectivity index is 2.32. The Kier molecular flexibility index (Phi) is 4.78. The van der Waals surface area contributed by atoms with E-state index in [4.69, 9.17) is 4.74 Å². The number of thiophene rings is 1. The van der Waals surface area contributed by atoms with Crippen molar-refractivity contribution in [3.63, 3.8) is 0 Å². The Bertz CT molecular complexity index is 296. The van der Waals surface area contributed by atoms with Gasteiger partial charge in [-0.25, -0.2) is 0 Å². The molecule has 0 spiro atoms. The van der Waals surface area contributed by atoms with Gasteiger partial charge in [0, 0.05) is 4.88 Å². The van der Waals surface area contributed by atoms with Crippen LogP contribution in [0.3, 0.4) is 0 Å². The lowest BCUT2D eigenvalue weighted by molar-refractivity contribution is -0.127. The quantitative estimate of drug-likeness (QED) is 0.838. The third-order valence-electron chi connectivity index (χ3n) is 1.90. The van der Waals surface area contributed by atoms with Crippen LogP contribution in [-0.2, 0) is 9.53 Å². The molecule has 0 saturated heterocycles. The molecule has 0 aromatic carbocycles. The molecular formula is C11H17NO2S. The van der Waals surface area contributed by atoms with E-state index in [0.29, 0.717) is 0 Å². The zero-order valence-corrected chi connectivity index (χ0v) is 10.1. The highest BCUT2D eigenvalue weighted by Crippen LogP contribution is 2.17.